The minimum atomic E-state index is -0.722. The number of nitrogens with one attached hydrogen (secondary N) is 1. The van der Waals surface area contributed by atoms with Crippen LogP contribution in [0.2, 0.25) is 15.1 Å². The van der Waals surface area contributed by atoms with Gasteiger partial charge in [-0.25, -0.2) is 4.39 Å². The highest BCUT2D eigenvalue weighted by atomic mass is 79.9. The van der Waals surface area contributed by atoms with Gasteiger partial charge in [0.25, 0.3) is 5.91 Å². The summed E-state index contributed by atoms with van der Waals surface area (Å²) in [7, 11) is 0. The third kappa shape index (κ3) is 3.44. The van der Waals surface area contributed by atoms with Gasteiger partial charge in [0.15, 0.2) is 5.82 Å². The lowest BCUT2D eigenvalue weighted by atomic mass is 10.2. The van der Waals surface area contributed by atoms with E-state index in [0.717, 1.165) is 0 Å². The molecule has 2 nitrogen and oxygen atoms in total. The van der Waals surface area contributed by atoms with Gasteiger partial charge in [-0.05, 0) is 46.3 Å². The van der Waals surface area contributed by atoms with Gasteiger partial charge in [0, 0.05) is 15.7 Å². The van der Waals surface area contributed by atoms with Crippen LogP contribution in [0.15, 0.2) is 34.8 Å². The van der Waals surface area contributed by atoms with E-state index in [1.165, 1.54) is 12.1 Å². The first kappa shape index (κ1) is 15.6. The zero-order valence-corrected chi connectivity index (χ0v) is 13.5. The van der Waals surface area contributed by atoms with Gasteiger partial charge in [-0.2, -0.15) is 0 Å². The maximum atomic E-state index is 13.3. The highest BCUT2D eigenvalue weighted by Gasteiger charge is 2.12. The van der Waals surface area contributed by atoms with Crippen molar-refractivity contribution in [1.82, 2.24) is 0 Å². The lowest BCUT2D eigenvalue weighted by Gasteiger charge is -2.08. The van der Waals surface area contributed by atoms with Crippen LogP contribution in [0.5, 0.6) is 0 Å². The van der Waals surface area contributed by atoms with Crippen LogP contribution in [0, 0.1) is 5.82 Å². The number of rotatable bonds is 2. The summed E-state index contributed by atoms with van der Waals surface area (Å²) in [4.78, 5) is 12.0. The third-order valence-electron chi connectivity index (χ3n) is 2.42. The molecule has 2 aromatic carbocycles. The van der Waals surface area contributed by atoms with E-state index in [9.17, 15) is 9.18 Å². The monoisotopic (exact) mass is 395 g/mol. The standard InChI is InChI=1S/C13H6BrCl3FNO/c14-8-3-6(1-2-9(8)15)13(20)19-7-4-10(16)12(18)11(17)5-7/h1-5H,(H,19,20). The van der Waals surface area contributed by atoms with E-state index in [0.29, 0.717) is 20.7 Å². The van der Waals surface area contributed by atoms with Crippen LogP contribution in [0.25, 0.3) is 0 Å². The Morgan fingerprint density at radius 1 is 1.05 bits per heavy atom. The molecule has 0 bridgehead atoms. The van der Waals surface area contributed by atoms with Crippen LogP contribution in [0.1, 0.15) is 10.4 Å². The van der Waals surface area contributed by atoms with Crippen molar-refractivity contribution in [3.63, 3.8) is 0 Å². The Kier molecular flexibility index (Phi) is 4.91. The first-order chi connectivity index (χ1) is 9.38. The molecule has 0 fully saturated rings. The molecule has 2 aromatic rings. The van der Waals surface area contributed by atoms with Gasteiger partial charge >= 0.3 is 0 Å². The Bertz CT molecular complexity index is 670. The van der Waals surface area contributed by atoms with Crippen molar-refractivity contribution in [2.24, 2.45) is 0 Å². The second-order valence-corrected chi connectivity index (χ2v) is 5.91. The van der Waals surface area contributed by atoms with Gasteiger partial charge in [-0.1, -0.05) is 34.8 Å². The average molecular weight is 397 g/mol. The molecule has 0 heterocycles. The molecule has 0 atom stereocenters. The Hall–Kier alpha value is -0.810. The highest BCUT2D eigenvalue weighted by molar-refractivity contribution is 9.10. The molecule has 0 aliphatic heterocycles. The summed E-state index contributed by atoms with van der Waals surface area (Å²) in [6.07, 6.45) is 0. The quantitative estimate of drug-likeness (QED) is 0.638. The molecule has 7 heteroatoms. The molecule has 0 spiro atoms. The number of hydrogen-bond donors (Lipinski definition) is 1. The second kappa shape index (κ2) is 6.31. The van der Waals surface area contributed by atoms with E-state index in [-0.39, 0.29) is 16.0 Å². The van der Waals surface area contributed by atoms with Gasteiger partial charge in [0.05, 0.1) is 15.1 Å². The van der Waals surface area contributed by atoms with Gasteiger partial charge in [-0.15, -0.1) is 0 Å². The molecule has 0 unspecified atom stereocenters. The summed E-state index contributed by atoms with van der Waals surface area (Å²) in [5.41, 5.74) is 0.690. The largest absolute Gasteiger partial charge is 0.322 e. The molecular weight excluding hydrogens is 391 g/mol. The molecule has 0 aromatic heterocycles. The second-order valence-electron chi connectivity index (χ2n) is 3.84. The number of halogens is 5. The molecule has 0 aliphatic carbocycles. The Balaban J connectivity index is 2.25. The summed E-state index contributed by atoms with van der Waals surface area (Å²) < 4.78 is 13.9. The molecule has 0 saturated carbocycles. The molecular formula is C13H6BrCl3FNO. The van der Waals surface area contributed by atoms with Crippen LogP contribution in [0.3, 0.4) is 0 Å². The van der Waals surface area contributed by atoms with E-state index >= 15 is 0 Å². The van der Waals surface area contributed by atoms with Gasteiger partial charge < -0.3 is 5.32 Å². The maximum absolute atomic E-state index is 13.3. The number of hydrogen-bond acceptors (Lipinski definition) is 1. The van der Waals surface area contributed by atoms with Crippen LogP contribution < -0.4 is 5.32 Å². The summed E-state index contributed by atoms with van der Waals surface area (Å²) in [6, 6.07) is 7.29. The van der Waals surface area contributed by atoms with Crippen LogP contribution in [-0.4, -0.2) is 5.91 Å². The van der Waals surface area contributed by atoms with Crippen molar-refractivity contribution in [2.75, 3.05) is 5.32 Å². The molecule has 0 radical (unpaired) electrons. The van der Waals surface area contributed by atoms with Gasteiger partial charge in [-0.3, -0.25) is 4.79 Å². The van der Waals surface area contributed by atoms with Crippen molar-refractivity contribution in [1.29, 1.82) is 0 Å². The van der Waals surface area contributed by atoms with Crippen molar-refractivity contribution < 1.29 is 9.18 Å². The molecule has 1 amide bonds. The highest BCUT2D eigenvalue weighted by Crippen LogP contribution is 2.28. The van der Waals surface area contributed by atoms with E-state index in [1.54, 1.807) is 18.2 Å². The van der Waals surface area contributed by atoms with Gasteiger partial charge in [0.2, 0.25) is 0 Å². The predicted octanol–water partition coefficient (Wildman–Crippen LogP) is 5.80. The SMILES string of the molecule is O=C(Nc1cc(Cl)c(F)c(Cl)c1)c1ccc(Cl)c(Br)c1. The van der Waals surface area contributed by atoms with E-state index in [4.69, 9.17) is 34.8 Å². The lowest BCUT2D eigenvalue weighted by Crippen LogP contribution is -2.12. The topological polar surface area (TPSA) is 29.1 Å². The molecule has 2 rings (SSSR count). The number of carbonyl (C=O) groups is 1. The third-order valence-corrected chi connectivity index (χ3v) is 4.19. The molecule has 104 valence electrons. The molecule has 0 saturated heterocycles. The first-order valence-electron chi connectivity index (χ1n) is 5.29. The molecule has 1 N–H and O–H groups in total. The predicted molar refractivity (Wildman–Crippen MR) is 83.5 cm³/mol. The fraction of sp³-hybridized carbons (Fsp3) is 0. The van der Waals surface area contributed by atoms with Crippen LogP contribution >= 0.6 is 50.7 Å². The summed E-state index contributed by atoms with van der Waals surface area (Å²) in [5.74, 6) is -1.11. The summed E-state index contributed by atoms with van der Waals surface area (Å²) >= 11 is 20.4. The smallest absolute Gasteiger partial charge is 0.255 e. The first-order valence-corrected chi connectivity index (χ1v) is 7.22. The zero-order chi connectivity index (χ0) is 14.9. The normalized spacial score (nSPS) is 10.4. The fourth-order valence-corrected chi connectivity index (χ4v) is 2.45. The Labute approximate surface area is 138 Å². The van der Waals surface area contributed by atoms with Crippen molar-refractivity contribution in [3.05, 3.63) is 61.3 Å². The van der Waals surface area contributed by atoms with E-state index in [2.05, 4.69) is 21.2 Å². The van der Waals surface area contributed by atoms with Crippen molar-refractivity contribution in [3.8, 4) is 0 Å². The summed E-state index contributed by atoms with van der Waals surface area (Å²) in [6.45, 7) is 0. The molecule has 20 heavy (non-hydrogen) atoms. The Morgan fingerprint density at radius 2 is 1.65 bits per heavy atom. The van der Waals surface area contributed by atoms with Crippen molar-refractivity contribution >= 4 is 62.3 Å². The maximum Gasteiger partial charge on any atom is 0.255 e. The van der Waals surface area contributed by atoms with E-state index in [1.807, 2.05) is 0 Å². The van der Waals surface area contributed by atoms with Crippen LogP contribution in [-0.2, 0) is 0 Å². The van der Waals surface area contributed by atoms with Crippen LogP contribution in [0.4, 0.5) is 10.1 Å². The van der Waals surface area contributed by atoms with Gasteiger partial charge in [0.1, 0.15) is 0 Å². The number of carbonyl (C=O) groups excluding carboxylic acids is 1. The van der Waals surface area contributed by atoms with Crippen molar-refractivity contribution in [2.45, 2.75) is 0 Å². The number of anilines is 1. The zero-order valence-electron chi connectivity index (χ0n) is 9.68. The number of benzene rings is 2. The fourth-order valence-electron chi connectivity index (χ4n) is 1.47. The Morgan fingerprint density at radius 3 is 2.20 bits per heavy atom. The molecule has 0 aliphatic rings. The minimum absolute atomic E-state index is 0.162. The summed E-state index contributed by atoms with van der Waals surface area (Å²) in [5, 5.41) is 2.75. The lowest BCUT2D eigenvalue weighted by molar-refractivity contribution is 0.102. The van der Waals surface area contributed by atoms with E-state index < -0.39 is 5.82 Å². The number of amides is 1. The minimum Gasteiger partial charge on any atom is -0.322 e. The average Bonchev–Trinajstić information content (AvgIpc) is 2.39.